The quantitative estimate of drug-likeness (QED) is 0.306. The summed E-state index contributed by atoms with van der Waals surface area (Å²) in [6.45, 7) is 3.78. The Labute approximate surface area is 69.7 Å². The van der Waals surface area contributed by atoms with E-state index < -0.39 is 11.9 Å². The van der Waals surface area contributed by atoms with Gasteiger partial charge in [0, 0.05) is 12.0 Å². The molecule has 0 aromatic carbocycles. The lowest BCUT2D eigenvalue weighted by Gasteiger charge is -2.10. The summed E-state index contributed by atoms with van der Waals surface area (Å²) in [5.41, 5.74) is 2.09. The third-order valence-corrected chi connectivity index (χ3v) is 2.20. The molecule has 0 radical (unpaired) electrons. The fourth-order valence-corrected chi connectivity index (χ4v) is 1.53. The minimum Gasteiger partial charge on any atom is -0.386 e. The van der Waals surface area contributed by atoms with Crippen LogP contribution in [-0.4, -0.2) is 11.9 Å². The number of allylic oxidation sites excluding steroid dienone is 1. The third kappa shape index (κ3) is 0.897. The minimum atomic E-state index is -0.476. The molecule has 0 saturated heterocycles. The average Bonchev–Trinajstić information content (AvgIpc) is 2.28. The summed E-state index contributed by atoms with van der Waals surface area (Å²) >= 11 is 0. The molecule has 12 heavy (non-hydrogen) atoms. The first-order valence-electron chi connectivity index (χ1n) is 3.83. The summed E-state index contributed by atoms with van der Waals surface area (Å²) in [5, 5.41) is 0. The third-order valence-electron chi connectivity index (χ3n) is 2.20. The van der Waals surface area contributed by atoms with Crippen molar-refractivity contribution in [3.63, 3.8) is 0 Å². The van der Waals surface area contributed by atoms with E-state index in [9.17, 15) is 9.59 Å². The van der Waals surface area contributed by atoms with Crippen LogP contribution >= 0.6 is 0 Å². The molecule has 2 aliphatic rings. The number of cyclic esters (lactones) is 2. The van der Waals surface area contributed by atoms with E-state index in [-0.39, 0.29) is 0 Å². The first kappa shape index (κ1) is 7.28. The van der Waals surface area contributed by atoms with E-state index in [1.165, 1.54) is 0 Å². The monoisotopic (exact) mass is 164 g/mol. The van der Waals surface area contributed by atoms with Crippen molar-refractivity contribution in [2.75, 3.05) is 0 Å². The standard InChI is InChI=1S/C9H8O3/c1-5-2-3-6-7(4-5)9(11)12-8(6)10/h1-4H2. The van der Waals surface area contributed by atoms with Crippen molar-refractivity contribution in [1.29, 1.82) is 0 Å². The molecule has 2 rings (SSSR count). The van der Waals surface area contributed by atoms with E-state index in [2.05, 4.69) is 11.3 Å². The number of carbonyl (C=O) groups is 2. The molecule has 0 unspecified atom stereocenters. The van der Waals surface area contributed by atoms with Gasteiger partial charge in [0.15, 0.2) is 0 Å². The van der Waals surface area contributed by atoms with Crippen molar-refractivity contribution >= 4 is 11.9 Å². The zero-order valence-electron chi connectivity index (χ0n) is 6.55. The van der Waals surface area contributed by atoms with Crippen molar-refractivity contribution in [3.8, 4) is 0 Å². The molecule has 0 bridgehead atoms. The van der Waals surface area contributed by atoms with Crippen LogP contribution in [0.25, 0.3) is 0 Å². The number of carbonyl (C=O) groups excluding carboxylic acids is 2. The molecule has 1 aliphatic carbocycles. The summed E-state index contributed by atoms with van der Waals surface area (Å²) in [6.07, 6.45) is 1.92. The van der Waals surface area contributed by atoms with Crippen molar-refractivity contribution in [1.82, 2.24) is 0 Å². The van der Waals surface area contributed by atoms with Crippen LogP contribution in [0.1, 0.15) is 19.3 Å². The predicted molar refractivity (Wildman–Crippen MR) is 41.1 cm³/mol. The van der Waals surface area contributed by atoms with E-state index >= 15 is 0 Å². The molecule has 0 fully saturated rings. The van der Waals surface area contributed by atoms with Crippen LogP contribution in [0.15, 0.2) is 23.3 Å². The van der Waals surface area contributed by atoms with Gasteiger partial charge in [-0.3, -0.25) is 0 Å². The lowest BCUT2D eigenvalue weighted by Crippen LogP contribution is -2.03. The van der Waals surface area contributed by atoms with E-state index in [4.69, 9.17) is 0 Å². The van der Waals surface area contributed by atoms with E-state index in [0.29, 0.717) is 24.0 Å². The SMILES string of the molecule is C=C1CCC2=C(C1)C(=O)OC2=O. The smallest absolute Gasteiger partial charge is 0.342 e. The maximum Gasteiger partial charge on any atom is 0.342 e. The van der Waals surface area contributed by atoms with Crippen molar-refractivity contribution in [3.05, 3.63) is 23.3 Å². The van der Waals surface area contributed by atoms with Crippen LogP contribution in [0, 0.1) is 0 Å². The fraction of sp³-hybridized carbons (Fsp3) is 0.333. The Morgan fingerprint density at radius 1 is 1.08 bits per heavy atom. The molecule has 0 aromatic rings. The molecule has 0 atom stereocenters. The Kier molecular flexibility index (Phi) is 1.40. The number of hydrogen-bond acceptors (Lipinski definition) is 3. The van der Waals surface area contributed by atoms with Crippen LogP contribution in [-0.2, 0) is 14.3 Å². The molecule has 3 nitrogen and oxygen atoms in total. The molecule has 0 N–H and O–H groups in total. The van der Waals surface area contributed by atoms with Crippen molar-refractivity contribution in [2.45, 2.75) is 19.3 Å². The maximum absolute atomic E-state index is 11.0. The summed E-state index contributed by atoms with van der Waals surface area (Å²) < 4.78 is 4.46. The highest BCUT2D eigenvalue weighted by Crippen LogP contribution is 2.33. The first-order valence-corrected chi connectivity index (χ1v) is 3.83. The zero-order valence-corrected chi connectivity index (χ0v) is 6.55. The highest BCUT2D eigenvalue weighted by atomic mass is 16.6. The van der Waals surface area contributed by atoms with E-state index in [0.717, 1.165) is 12.0 Å². The molecular formula is C9H8O3. The van der Waals surface area contributed by atoms with Gasteiger partial charge in [-0.25, -0.2) is 9.59 Å². The Balaban J connectivity index is 2.41. The summed E-state index contributed by atoms with van der Waals surface area (Å²) in [5.74, 6) is -0.932. The van der Waals surface area contributed by atoms with Gasteiger partial charge in [-0.05, 0) is 12.8 Å². The van der Waals surface area contributed by atoms with Crippen molar-refractivity contribution in [2.24, 2.45) is 0 Å². The number of hydrogen-bond donors (Lipinski definition) is 0. The zero-order chi connectivity index (χ0) is 8.72. The van der Waals surface area contributed by atoms with Crippen LogP contribution in [0.2, 0.25) is 0 Å². The average molecular weight is 164 g/mol. The second-order valence-corrected chi connectivity index (χ2v) is 3.06. The van der Waals surface area contributed by atoms with Gasteiger partial charge in [-0.2, -0.15) is 0 Å². The molecule has 62 valence electrons. The summed E-state index contributed by atoms with van der Waals surface area (Å²) in [4.78, 5) is 22.0. The Bertz CT molecular complexity index is 323. The molecular weight excluding hydrogens is 156 g/mol. The van der Waals surface area contributed by atoms with Gasteiger partial charge in [-0.1, -0.05) is 12.2 Å². The predicted octanol–water partition coefficient (Wildman–Crippen LogP) is 1.11. The first-order chi connectivity index (χ1) is 5.68. The highest BCUT2D eigenvalue weighted by molar-refractivity contribution is 6.12. The Morgan fingerprint density at radius 2 is 1.75 bits per heavy atom. The Morgan fingerprint density at radius 3 is 2.50 bits per heavy atom. The summed E-state index contributed by atoms with van der Waals surface area (Å²) in [7, 11) is 0. The molecule has 0 aromatic heterocycles. The van der Waals surface area contributed by atoms with Gasteiger partial charge >= 0.3 is 11.9 Å². The molecule has 3 heteroatoms. The molecule has 1 aliphatic heterocycles. The number of rotatable bonds is 0. The molecule has 0 spiro atoms. The van der Waals surface area contributed by atoms with Gasteiger partial charge < -0.3 is 4.74 Å². The second-order valence-electron chi connectivity index (χ2n) is 3.06. The minimum absolute atomic E-state index is 0.456. The van der Waals surface area contributed by atoms with Gasteiger partial charge in [0.1, 0.15) is 0 Å². The fourth-order valence-electron chi connectivity index (χ4n) is 1.53. The number of esters is 2. The Hall–Kier alpha value is -1.38. The van der Waals surface area contributed by atoms with Crippen LogP contribution in [0.3, 0.4) is 0 Å². The summed E-state index contributed by atoms with van der Waals surface area (Å²) in [6, 6.07) is 0. The lowest BCUT2D eigenvalue weighted by molar-refractivity contribution is -0.151. The molecule has 0 saturated carbocycles. The van der Waals surface area contributed by atoms with Crippen molar-refractivity contribution < 1.29 is 14.3 Å². The molecule has 1 heterocycles. The van der Waals surface area contributed by atoms with Crippen LogP contribution in [0.4, 0.5) is 0 Å². The van der Waals surface area contributed by atoms with Gasteiger partial charge in [-0.15, -0.1) is 0 Å². The maximum atomic E-state index is 11.0. The van der Waals surface area contributed by atoms with E-state index in [1.54, 1.807) is 0 Å². The second kappa shape index (κ2) is 2.30. The van der Waals surface area contributed by atoms with Gasteiger partial charge in [0.25, 0.3) is 0 Å². The largest absolute Gasteiger partial charge is 0.386 e. The van der Waals surface area contributed by atoms with Crippen LogP contribution < -0.4 is 0 Å². The topological polar surface area (TPSA) is 43.4 Å². The van der Waals surface area contributed by atoms with Gasteiger partial charge in [0.05, 0.1) is 5.57 Å². The van der Waals surface area contributed by atoms with Gasteiger partial charge in [0.2, 0.25) is 0 Å². The van der Waals surface area contributed by atoms with E-state index in [1.807, 2.05) is 0 Å². The lowest BCUT2D eigenvalue weighted by atomic mass is 9.90. The molecule has 0 amide bonds. The van der Waals surface area contributed by atoms with Crippen LogP contribution in [0.5, 0.6) is 0 Å². The number of ether oxygens (including phenoxy) is 1. The normalized spacial score (nSPS) is 22.8. The highest BCUT2D eigenvalue weighted by Gasteiger charge is 2.34.